The molecule has 1 saturated heterocycles. The number of rotatable bonds is 3. The first-order valence-electron chi connectivity index (χ1n) is 7.64. The highest BCUT2D eigenvalue weighted by atomic mass is 35.5. The summed E-state index contributed by atoms with van der Waals surface area (Å²) in [5, 5.41) is 4.90. The van der Waals surface area contributed by atoms with Crippen molar-refractivity contribution in [2.45, 2.75) is 33.2 Å². The molecule has 1 aromatic heterocycles. The van der Waals surface area contributed by atoms with Gasteiger partial charge in [-0.15, -0.1) is 0 Å². The summed E-state index contributed by atoms with van der Waals surface area (Å²) < 4.78 is 1.71. The average Bonchev–Trinajstić information content (AvgIpc) is 3.11. The number of hydrogen-bond acceptors (Lipinski definition) is 2. The number of nitrogens with zero attached hydrogens (tertiary/aromatic N) is 3. The van der Waals surface area contributed by atoms with Crippen molar-refractivity contribution in [3.63, 3.8) is 0 Å². The summed E-state index contributed by atoms with van der Waals surface area (Å²) in [4.78, 5) is 14.5. The molecule has 0 atom stereocenters. The summed E-state index contributed by atoms with van der Waals surface area (Å²) in [5.41, 5.74) is 3.59. The molecule has 0 bridgehead atoms. The van der Waals surface area contributed by atoms with Gasteiger partial charge in [-0.2, -0.15) is 5.10 Å². The summed E-state index contributed by atoms with van der Waals surface area (Å²) in [7, 11) is 0. The van der Waals surface area contributed by atoms with Gasteiger partial charge in [-0.05, 0) is 32.3 Å². The van der Waals surface area contributed by atoms with Crippen LogP contribution in [0.4, 0.5) is 0 Å². The van der Waals surface area contributed by atoms with Crippen LogP contribution >= 0.6 is 11.6 Å². The molecule has 116 valence electrons. The minimum absolute atomic E-state index is 0.00940. The van der Waals surface area contributed by atoms with Crippen molar-refractivity contribution in [1.29, 1.82) is 0 Å². The molecule has 1 aromatic carbocycles. The van der Waals surface area contributed by atoms with E-state index < -0.39 is 0 Å². The first-order valence-corrected chi connectivity index (χ1v) is 8.02. The van der Waals surface area contributed by atoms with E-state index >= 15 is 0 Å². The molecule has 1 aliphatic heterocycles. The van der Waals surface area contributed by atoms with Crippen molar-refractivity contribution < 1.29 is 4.79 Å². The Balaban J connectivity index is 1.86. The van der Waals surface area contributed by atoms with E-state index in [1.165, 1.54) is 5.56 Å². The predicted octanol–water partition coefficient (Wildman–Crippen LogP) is 3.44. The van der Waals surface area contributed by atoms with Gasteiger partial charge in [0.15, 0.2) is 0 Å². The van der Waals surface area contributed by atoms with Crippen LogP contribution in [-0.4, -0.2) is 33.7 Å². The molecular weight excluding hydrogens is 298 g/mol. The monoisotopic (exact) mass is 317 g/mol. The Labute approximate surface area is 135 Å². The van der Waals surface area contributed by atoms with Crippen LogP contribution in [0.3, 0.4) is 0 Å². The summed E-state index contributed by atoms with van der Waals surface area (Å²) in [6.07, 6.45) is 2.14. The van der Waals surface area contributed by atoms with E-state index in [1.54, 1.807) is 4.68 Å². The highest BCUT2D eigenvalue weighted by molar-refractivity contribution is 6.33. The van der Waals surface area contributed by atoms with Crippen molar-refractivity contribution in [1.82, 2.24) is 14.7 Å². The number of benzene rings is 1. The van der Waals surface area contributed by atoms with Crippen LogP contribution < -0.4 is 0 Å². The molecule has 3 rings (SSSR count). The summed E-state index contributed by atoms with van der Waals surface area (Å²) in [6.45, 7) is 6.12. The van der Waals surface area contributed by atoms with Gasteiger partial charge in [-0.3, -0.25) is 4.79 Å². The molecule has 1 amide bonds. The van der Waals surface area contributed by atoms with Gasteiger partial charge in [0.05, 0.1) is 17.8 Å². The largest absolute Gasteiger partial charge is 0.338 e. The third kappa shape index (κ3) is 2.88. The molecule has 1 aliphatic rings. The molecule has 1 fully saturated rings. The number of halogens is 1. The van der Waals surface area contributed by atoms with E-state index in [-0.39, 0.29) is 5.91 Å². The second kappa shape index (κ2) is 6.13. The number of hydrogen-bond donors (Lipinski definition) is 0. The van der Waals surface area contributed by atoms with Crippen LogP contribution in [0.5, 0.6) is 0 Å². The Morgan fingerprint density at radius 3 is 2.45 bits per heavy atom. The molecule has 0 radical (unpaired) electrons. The molecule has 4 nitrogen and oxygen atoms in total. The zero-order valence-electron chi connectivity index (χ0n) is 13.0. The van der Waals surface area contributed by atoms with Crippen molar-refractivity contribution in [2.75, 3.05) is 13.1 Å². The maximum absolute atomic E-state index is 12.6. The Bertz CT molecular complexity index is 685. The second-order valence-corrected chi connectivity index (χ2v) is 6.25. The standard InChI is InChI=1S/C17H20ClN3O/c1-12-5-7-14(8-6-12)11-21-16(18)15(13(2)19-21)17(22)20-9-3-4-10-20/h5-8H,3-4,9-11H2,1-2H3. The lowest BCUT2D eigenvalue weighted by Crippen LogP contribution is -2.28. The zero-order valence-corrected chi connectivity index (χ0v) is 13.7. The molecule has 0 spiro atoms. The Hall–Kier alpha value is -1.81. The maximum Gasteiger partial charge on any atom is 0.258 e. The van der Waals surface area contributed by atoms with Crippen LogP contribution in [0.25, 0.3) is 0 Å². The van der Waals surface area contributed by atoms with Gasteiger partial charge in [0.25, 0.3) is 5.91 Å². The highest BCUT2D eigenvalue weighted by Gasteiger charge is 2.26. The molecule has 2 aromatic rings. The fourth-order valence-electron chi connectivity index (χ4n) is 2.85. The maximum atomic E-state index is 12.6. The second-order valence-electron chi connectivity index (χ2n) is 5.89. The molecule has 5 heteroatoms. The van der Waals surface area contributed by atoms with Gasteiger partial charge in [0, 0.05) is 13.1 Å². The minimum Gasteiger partial charge on any atom is -0.338 e. The first kappa shape index (κ1) is 15.1. The highest BCUT2D eigenvalue weighted by Crippen LogP contribution is 2.24. The Morgan fingerprint density at radius 1 is 1.18 bits per heavy atom. The number of carbonyl (C=O) groups is 1. The molecule has 2 heterocycles. The molecule has 0 aliphatic carbocycles. The normalized spacial score (nSPS) is 14.6. The van der Waals surface area contributed by atoms with Crippen LogP contribution in [0.1, 0.15) is 40.0 Å². The van der Waals surface area contributed by atoms with E-state index in [0.717, 1.165) is 31.5 Å². The Morgan fingerprint density at radius 2 is 1.82 bits per heavy atom. The average molecular weight is 318 g/mol. The van der Waals surface area contributed by atoms with E-state index in [4.69, 9.17) is 11.6 Å². The number of likely N-dealkylation sites (tertiary alicyclic amines) is 1. The van der Waals surface area contributed by atoms with Crippen LogP contribution in [0.15, 0.2) is 24.3 Å². The predicted molar refractivity (Wildman–Crippen MR) is 87.4 cm³/mol. The van der Waals surface area contributed by atoms with E-state index in [9.17, 15) is 4.79 Å². The van der Waals surface area contributed by atoms with Gasteiger partial charge in [0.1, 0.15) is 5.15 Å². The van der Waals surface area contributed by atoms with Gasteiger partial charge >= 0.3 is 0 Å². The van der Waals surface area contributed by atoms with Crippen molar-refractivity contribution >= 4 is 17.5 Å². The number of aryl methyl sites for hydroxylation is 2. The van der Waals surface area contributed by atoms with Crippen molar-refractivity contribution in [3.05, 3.63) is 51.8 Å². The van der Waals surface area contributed by atoms with Gasteiger partial charge in [0.2, 0.25) is 0 Å². The summed E-state index contributed by atoms with van der Waals surface area (Å²) in [6, 6.07) is 8.25. The molecule has 0 unspecified atom stereocenters. The lowest BCUT2D eigenvalue weighted by molar-refractivity contribution is 0.0792. The van der Waals surface area contributed by atoms with Crippen molar-refractivity contribution in [3.8, 4) is 0 Å². The first-order chi connectivity index (χ1) is 10.6. The molecule has 0 saturated carbocycles. The zero-order chi connectivity index (χ0) is 15.7. The number of amides is 1. The van der Waals surface area contributed by atoms with Crippen molar-refractivity contribution in [2.24, 2.45) is 0 Å². The summed E-state index contributed by atoms with van der Waals surface area (Å²) in [5.74, 6) is 0.00940. The fraction of sp³-hybridized carbons (Fsp3) is 0.412. The quantitative estimate of drug-likeness (QED) is 0.869. The summed E-state index contributed by atoms with van der Waals surface area (Å²) >= 11 is 6.44. The molecule has 0 N–H and O–H groups in total. The van der Waals surface area contributed by atoms with Crippen LogP contribution in [-0.2, 0) is 6.54 Å². The minimum atomic E-state index is 0.00940. The van der Waals surface area contributed by atoms with Gasteiger partial charge < -0.3 is 4.90 Å². The topological polar surface area (TPSA) is 38.1 Å². The van der Waals surface area contributed by atoms with E-state index in [1.807, 2.05) is 11.8 Å². The SMILES string of the molecule is Cc1ccc(Cn2nc(C)c(C(=O)N3CCCC3)c2Cl)cc1. The third-order valence-electron chi connectivity index (χ3n) is 4.13. The van der Waals surface area contributed by atoms with E-state index in [0.29, 0.717) is 23.0 Å². The van der Waals surface area contributed by atoms with Crippen LogP contribution in [0, 0.1) is 13.8 Å². The lowest BCUT2D eigenvalue weighted by atomic mass is 10.1. The molecular formula is C17H20ClN3O. The fourth-order valence-corrected chi connectivity index (χ4v) is 3.16. The molecule has 22 heavy (non-hydrogen) atoms. The smallest absolute Gasteiger partial charge is 0.258 e. The number of aromatic nitrogens is 2. The Kier molecular flexibility index (Phi) is 4.21. The van der Waals surface area contributed by atoms with Crippen LogP contribution in [0.2, 0.25) is 5.15 Å². The number of carbonyl (C=O) groups excluding carboxylic acids is 1. The van der Waals surface area contributed by atoms with Gasteiger partial charge in [-0.25, -0.2) is 4.68 Å². The van der Waals surface area contributed by atoms with Gasteiger partial charge in [-0.1, -0.05) is 41.4 Å². The van der Waals surface area contributed by atoms with E-state index in [2.05, 4.69) is 36.3 Å². The third-order valence-corrected chi connectivity index (χ3v) is 4.51. The lowest BCUT2D eigenvalue weighted by Gasteiger charge is -2.14.